The third-order valence-electron chi connectivity index (χ3n) is 2.84. The van der Waals surface area contributed by atoms with E-state index >= 15 is 0 Å². The molecule has 2 heterocycles. The summed E-state index contributed by atoms with van der Waals surface area (Å²) < 4.78 is 0.755. The second-order valence-corrected chi connectivity index (χ2v) is 5.74. The topological polar surface area (TPSA) is 23.5 Å². The summed E-state index contributed by atoms with van der Waals surface area (Å²) in [5.74, 6) is 0. The van der Waals surface area contributed by atoms with Crippen molar-refractivity contribution in [2.24, 2.45) is 0 Å². The number of likely N-dealkylation sites (tertiary alicyclic amines) is 1. The quantitative estimate of drug-likeness (QED) is 0.882. The second-order valence-electron chi connectivity index (χ2n) is 4.00. The minimum atomic E-state index is -0.344. The number of hydrogen-bond acceptors (Lipinski definition) is 3. The highest BCUT2D eigenvalue weighted by Crippen LogP contribution is 2.28. The molecule has 1 aromatic heterocycles. The van der Waals surface area contributed by atoms with Crippen LogP contribution in [0.3, 0.4) is 0 Å². The highest BCUT2D eigenvalue weighted by molar-refractivity contribution is 7.16. The van der Waals surface area contributed by atoms with Gasteiger partial charge in [-0.25, -0.2) is 0 Å². The zero-order valence-corrected chi connectivity index (χ0v) is 10.2. The summed E-state index contributed by atoms with van der Waals surface area (Å²) >= 11 is 7.30. The molecule has 4 heteroatoms. The average molecular weight is 246 g/mol. The lowest BCUT2D eigenvalue weighted by Crippen LogP contribution is -2.21. The van der Waals surface area contributed by atoms with Crippen LogP contribution in [0.4, 0.5) is 0 Å². The molecule has 0 aliphatic carbocycles. The lowest BCUT2D eigenvalue weighted by molar-refractivity contribution is 0.152. The van der Waals surface area contributed by atoms with E-state index in [1.54, 1.807) is 0 Å². The Morgan fingerprint density at radius 2 is 2.13 bits per heavy atom. The molecule has 2 rings (SSSR count). The molecule has 84 valence electrons. The Labute approximate surface area is 99.5 Å². The van der Waals surface area contributed by atoms with Crippen LogP contribution >= 0.6 is 22.9 Å². The zero-order valence-electron chi connectivity index (χ0n) is 8.66. The Hall–Kier alpha value is -0.0900. The van der Waals surface area contributed by atoms with Crippen LogP contribution < -0.4 is 0 Å². The predicted octanol–water partition coefficient (Wildman–Crippen LogP) is 2.92. The van der Waals surface area contributed by atoms with Gasteiger partial charge in [-0.1, -0.05) is 11.6 Å². The van der Waals surface area contributed by atoms with E-state index < -0.39 is 0 Å². The molecule has 1 atom stereocenters. The van der Waals surface area contributed by atoms with E-state index in [1.807, 2.05) is 12.1 Å². The molecule has 0 radical (unpaired) electrons. The van der Waals surface area contributed by atoms with Gasteiger partial charge in [0, 0.05) is 11.4 Å². The average Bonchev–Trinajstić information content (AvgIpc) is 2.84. The minimum Gasteiger partial charge on any atom is -0.388 e. The molecule has 0 aromatic carbocycles. The van der Waals surface area contributed by atoms with Crippen molar-refractivity contribution in [2.75, 3.05) is 19.6 Å². The third-order valence-corrected chi connectivity index (χ3v) is 4.17. The molecule has 0 bridgehead atoms. The maximum absolute atomic E-state index is 9.92. The van der Waals surface area contributed by atoms with Crippen LogP contribution in [0.1, 0.15) is 30.2 Å². The third kappa shape index (κ3) is 3.18. The minimum absolute atomic E-state index is 0.344. The van der Waals surface area contributed by atoms with Crippen LogP contribution in [0.15, 0.2) is 12.1 Å². The van der Waals surface area contributed by atoms with E-state index in [2.05, 4.69) is 4.90 Å². The summed E-state index contributed by atoms with van der Waals surface area (Å²) in [4.78, 5) is 3.40. The molecule has 1 fully saturated rings. The summed E-state index contributed by atoms with van der Waals surface area (Å²) in [6.45, 7) is 3.38. The number of thiophene rings is 1. The van der Waals surface area contributed by atoms with Gasteiger partial charge >= 0.3 is 0 Å². The van der Waals surface area contributed by atoms with Gasteiger partial charge in [0.1, 0.15) is 0 Å². The Balaban J connectivity index is 1.79. The molecule has 1 N–H and O–H groups in total. The van der Waals surface area contributed by atoms with Crippen molar-refractivity contribution in [3.8, 4) is 0 Å². The van der Waals surface area contributed by atoms with Gasteiger partial charge in [0.25, 0.3) is 0 Å². The number of halogens is 1. The molecule has 0 spiro atoms. The van der Waals surface area contributed by atoms with E-state index in [0.29, 0.717) is 0 Å². The number of rotatable bonds is 4. The maximum Gasteiger partial charge on any atom is 0.0932 e. The highest BCUT2D eigenvalue weighted by Gasteiger charge is 2.15. The van der Waals surface area contributed by atoms with Crippen molar-refractivity contribution in [1.29, 1.82) is 0 Å². The van der Waals surface area contributed by atoms with Gasteiger partial charge in [-0.2, -0.15) is 0 Å². The van der Waals surface area contributed by atoms with Gasteiger partial charge in [-0.3, -0.25) is 0 Å². The van der Waals surface area contributed by atoms with Gasteiger partial charge in [0.15, 0.2) is 0 Å². The molecule has 0 saturated carbocycles. The molecule has 1 aromatic rings. The first-order valence-electron chi connectivity index (χ1n) is 5.41. The van der Waals surface area contributed by atoms with Crippen molar-refractivity contribution >= 4 is 22.9 Å². The first-order chi connectivity index (χ1) is 7.25. The van der Waals surface area contributed by atoms with Crippen molar-refractivity contribution < 1.29 is 5.11 Å². The van der Waals surface area contributed by atoms with E-state index in [4.69, 9.17) is 11.6 Å². The Kier molecular flexibility index (Phi) is 4.03. The maximum atomic E-state index is 9.92. The van der Waals surface area contributed by atoms with E-state index in [-0.39, 0.29) is 6.10 Å². The van der Waals surface area contributed by atoms with Crippen molar-refractivity contribution in [3.63, 3.8) is 0 Å². The molecular formula is C11H16ClNOS. The fraction of sp³-hybridized carbons (Fsp3) is 0.636. The highest BCUT2D eigenvalue weighted by atomic mass is 35.5. The van der Waals surface area contributed by atoms with Crippen LogP contribution in [0.5, 0.6) is 0 Å². The molecule has 1 saturated heterocycles. The van der Waals surface area contributed by atoms with Crippen LogP contribution in [0.2, 0.25) is 4.34 Å². The lowest BCUT2D eigenvalue weighted by atomic mass is 10.2. The van der Waals surface area contributed by atoms with Crippen molar-refractivity contribution in [3.05, 3.63) is 21.3 Å². The number of aliphatic hydroxyl groups excluding tert-OH is 1. The molecule has 2 nitrogen and oxygen atoms in total. The van der Waals surface area contributed by atoms with Gasteiger partial charge in [0.05, 0.1) is 10.4 Å². The molecule has 1 aliphatic rings. The molecule has 1 aliphatic heterocycles. The van der Waals surface area contributed by atoms with Gasteiger partial charge in [-0.05, 0) is 44.5 Å². The number of nitrogens with zero attached hydrogens (tertiary/aromatic N) is 1. The summed E-state index contributed by atoms with van der Waals surface area (Å²) in [6, 6.07) is 3.77. The van der Waals surface area contributed by atoms with Gasteiger partial charge < -0.3 is 10.0 Å². The predicted molar refractivity (Wildman–Crippen MR) is 64.6 cm³/mol. The van der Waals surface area contributed by atoms with Crippen LogP contribution in [0, 0.1) is 0 Å². The van der Waals surface area contributed by atoms with E-state index in [1.165, 1.54) is 37.3 Å². The molecule has 0 amide bonds. The first kappa shape index (κ1) is 11.4. The molecule has 15 heavy (non-hydrogen) atoms. The Morgan fingerprint density at radius 1 is 1.40 bits per heavy atom. The number of aliphatic hydroxyl groups is 1. The monoisotopic (exact) mass is 245 g/mol. The largest absolute Gasteiger partial charge is 0.388 e. The first-order valence-corrected chi connectivity index (χ1v) is 6.61. The van der Waals surface area contributed by atoms with Crippen LogP contribution in [0.25, 0.3) is 0 Å². The molecule has 1 unspecified atom stereocenters. The van der Waals surface area contributed by atoms with Gasteiger partial charge in [-0.15, -0.1) is 11.3 Å². The van der Waals surface area contributed by atoms with Crippen molar-refractivity contribution in [1.82, 2.24) is 4.90 Å². The molecular weight excluding hydrogens is 230 g/mol. The Morgan fingerprint density at radius 3 is 2.73 bits per heavy atom. The van der Waals surface area contributed by atoms with E-state index in [9.17, 15) is 5.11 Å². The van der Waals surface area contributed by atoms with Crippen LogP contribution in [-0.2, 0) is 0 Å². The fourth-order valence-electron chi connectivity index (χ4n) is 1.96. The Bertz CT molecular complexity index is 309. The van der Waals surface area contributed by atoms with E-state index in [0.717, 1.165) is 22.2 Å². The lowest BCUT2D eigenvalue weighted by Gasteiger charge is -2.16. The SMILES string of the molecule is OC(CCN1CCCC1)c1ccc(Cl)s1. The van der Waals surface area contributed by atoms with Crippen molar-refractivity contribution in [2.45, 2.75) is 25.4 Å². The van der Waals surface area contributed by atoms with Gasteiger partial charge in [0.2, 0.25) is 0 Å². The second kappa shape index (κ2) is 5.30. The summed E-state index contributed by atoms with van der Waals surface area (Å²) in [6.07, 6.45) is 3.08. The summed E-state index contributed by atoms with van der Waals surface area (Å²) in [7, 11) is 0. The van der Waals surface area contributed by atoms with Crippen LogP contribution in [-0.4, -0.2) is 29.6 Å². The smallest absolute Gasteiger partial charge is 0.0932 e. The zero-order chi connectivity index (χ0) is 10.7. The number of hydrogen-bond donors (Lipinski definition) is 1. The summed E-state index contributed by atoms with van der Waals surface area (Å²) in [5.41, 5.74) is 0. The summed E-state index contributed by atoms with van der Waals surface area (Å²) in [5, 5.41) is 9.92. The fourth-order valence-corrected chi connectivity index (χ4v) is 3.04. The normalized spacial score (nSPS) is 19.6. The standard InChI is InChI=1S/C11H16ClNOS/c12-11-4-3-10(15-11)9(14)5-8-13-6-1-2-7-13/h3-4,9,14H,1-2,5-8H2.